The van der Waals surface area contributed by atoms with Crippen molar-refractivity contribution in [3.8, 4) is 0 Å². The minimum absolute atomic E-state index is 0.0826. The molecule has 1 aliphatic rings. The highest BCUT2D eigenvalue weighted by Gasteiger charge is 2.44. The SMILES string of the molecule is COC(OC)C(C)NC(=O)C1CC1c1ccccc1. The maximum Gasteiger partial charge on any atom is 0.224 e. The molecule has 1 aliphatic carbocycles. The van der Waals surface area contributed by atoms with E-state index in [9.17, 15) is 4.79 Å². The number of carbonyl (C=O) groups excluding carboxylic acids is 1. The molecule has 1 amide bonds. The van der Waals surface area contributed by atoms with E-state index in [1.807, 2.05) is 25.1 Å². The summed E-state index contributed by atoms with van der Waals surface area (Å²) in [6.07, 6.45) is 0.519. The lowest BCUT2D eigenvalue weighted by Gasteiger charge is -2.22. The topological polar surface area (TPSA) is 47.6 Å². The predicted octanol–water partition coefficient (Wildman–Crippen LogP) is 1.91. The van der Waals surface area contributed by atoms with Crippen LogP contribution in [-0.2, 0) is 14.3 Å². The van der Waals surface area contributed by atoms with Gasteiger partial charge in [-0.2, -0.15) is 0 Å². The summed E-state index contributed by atoms with van der Waals surface area (Å²) in [6.45, 7) is 1.88. The summed E-state index contributed by atoms with van der Waals surface area (Å²) in [5.41, 5.74) is 1.24. The lowest BCUT2D eigenvalue weighted by Crippen LogP contribution is -2.43. The molecule has 0 spiro atoms. The standard InChI is InChI=1S/C15H21NO3/c1-10(15(18-2)19-3)16-14(17)13-9-12(13)11-7-5-4-6-8-11/h4-8,10,12-13,15H,9H2,1-3H3,(H,16,17). The van der Waals surface area contributed by atoms with Crippen LogP contribution < -0.4 is 5.32 Å². The average Bonchev–Trinajstić information content (AvgIpc) is 3.21. The van der Waals surface area contributed by atoms with Crippen molar-refractivity contribution in [2.24, 2.45) is 5.92 Å². The van der Waals surface area contributed by atoms with Gasteiger partial charge in [-0.05, 0) is 24.8 Å². The molecule has 3 atom stereocenters. The fourth-order valence-electron chi connectivity index (χ4n) is 2.46. The van der Waals surface area contributed by atoms with Gasteiger partial charge in [0.05, 0.1) is 6.04 Å². The first-order chi connectivity index (χ1) is 9.17. The molecule has 0 heterocycles. The second-order valence-corrected chi connectivity index (χ2v) is 5.00. The Hall–Kier alpha value is -1.39. The summed E-state index contributed by atoms with van der Waals surface area (Å²) in [7, 11) is 3.14. The van der Waals surface area contributed by atoms with Crippen molar-refractivity contribution in [3.05, 3.63) is 35.9 Å². The summed E-state index contributed by atoms with van der Waals surface area (Å²) < 4.78 is 10.3. The van der Waals surface area contributed by atoms with E-state index in [1.165, 1.54) is 5.56 Å². The Morgan fingerprint density at radius 1 is 1.26 bits per heavy atom. The molecular weight excluding hydrogens is 242 g/mol. The van der Waals surface area contributed by atoms with Gasteiger partial charge in [-0.1, -0.05) is 30.3 Å². The van der Waals surface area contributed by atoms with Gasteiger partial charge in [0.25, 0.3) is 0 Å². The summed E-state index contributed by atoms with van der Waals surface area (Å²) >= 11 is 0. The third-order valence-electron chi connectivity index (χ3n) is 3.60. The molecule has 0 saturated heterocycles. The molecule has 4 nitrogen and oxygen atoms in total. The molecule has 1 aromatic rings. The number of hydrogen-bond acceptors (Lipinski definition) is 3. The van der Waals surface area contributed by atoms with Crippen molar-refractivity contribution in [2.45, 2.75) is 31.6 Å². The van der Waals surface area contributed by atoms with Crippen LogP contribution in [0.25, 0.3) is 0 Å². The van der Waals surface area contributed by atoms with Gasteiger partial charge in [-0.3, -0.25) is 4.79 Å². The van der Waals surface area contributed by atoms with Gasteiger partial charge in [0, 0.05) is 20.1 Å². The summed E-state index contributed by atoms with van der Waals surface area (Å²) in [5, 5.41) is 2.95. The molecule has 1 fully saturated rings. The van der Waals surface area contributed by atoms with Crippen molar-refractivity contribution in [1.82, 2.24) is 5.32 Å². The Balaban J connectivity index is 1.86. The van der Waals surface area contributed by atoms with Gasteiger partial charge in [-0.15, -0.1) is 0 Å². The molecule has 0 aromatic heterocycles. The molecule has 1 saturated carbocycles. The van der Waals surface area contributed by atoms with Crippen LogP contribution in [0.1, 0.15) is 24.8 Å². The van der Waals surface area contributed by atoms with Gasteiger partial charge < -0.3 is 14.8 Å². The molecule has 1 N–H and O–H groups in total. The lowest BCUT2D eigenvalue weighted by molar-refractivity contribution is -0.136. The second kappa shape index (κ2) is 6.17. The highest BCUT2D eigenvalue weighted by Crippen LogP contribution is 2.47. The first-order valence-corrected chi connectivity index (χ1v) is 6.58. The molecule has 1 aromatic carbocycles. The van der Waals surface area contributed by atoms with E-state index < -0.39 is 6.29 Å². The molecule has 19 heavy (non-hydrogen) atoms. The molecule has 0 aliphatic heterocycles. The van der Waals surface area contributed by atoms with Crippen LogP contribution in [0.3, 0.4) is 0 Å². The maximum atomic E-state index is 12.1. The molecule has 0 radical (unpaired) electrons. The summed E-state index contributed by atoms with van der Waals surface area (Å²) in [6, 6.07) is 10.0. The highest BCUT2D eigenvalue weighted by atomic mass is 16.7. The first kappa shape index (κ1) is 14.0. The molecule has 4 heteroatoms. The van der Waals surface area contributed by atoms with Crippen molar-refractivity contribution >= 4 is 5.91 Å². The van der Waals surface area contributed by atoms with Gasteiger partial charge in [0.15, 0.2) is 6.29 Å². The highest BCUT2D eigenvalue weighted by molar-refractivity contribution is 5.83. The first-order valence-electron chi connectivity index (χ1n) is 6.58. The van der Waals surface area contributed by atoms with Crippen LogP contribution in [0, 0.1) is 5.92 Å². The van der Waals surface area contributed by atoms with E-state index in [0.29, 0.717) is 5.92 Å². The smallest absolute Gasteiger partial charge is 0.224 e. The quantitative estimate of drug-likeness (QED) is 0.798. The number of carbonyl (C=O) groups is 1. The van der Waals surface area contributed by atoms with Crippen LogP contribution >= 0.6 is 0 Å². The Bertz CT molecular complexity index is 417. The molecule has 3 unspecified atom stereocenters. The van der Waals surface area contributed by atoms with E-state index >= 15 is 0 Å². The average molecular weight is 263 g/mol. The van der Waals surface area contributed by atoms with Gasteiger partial charge in [-0.25, -0.2) is 0 Å². The van der Waals surface area contributed by atoms with Crippen molar-refractivity contribution in [1.29, 1.82) is 0 Å². The lowest BCUT2D eigenvalue weighted by atomic mass is 10.1. The summed E-state index contributed by atoms with van der Waals surface area (Å²) in [5.74, 6) is 0.525. The van der Waals surface area contributed by atoms with Crippen molar-refractivity contribution < 1.29 is 14.3 Å². The predicted molar refractivity (Wildman–Crippen MR) is 72.7 cm³/mol. The molecule has 104 valence electrons. The molecular formula is C15H21NO3. The third-order valence-corrected chi connectivity index (χ3v) is 3.60. The zero-order valence-electron chi connectivity index (χ0n) is 11.6. The molecule has 0 bridgehead atoms. The van der Waals surface area contributed by atoms with Crippen LogP contribution in [0.4, 0.5) is 0 Å². The van der Waals surface area contributed by atoms with Gasteiger partial charge >= 0.3 is 0 Å². The van der Waals surface area contributed by atoms with Crippen molar-refractivity contribution in [3.63, 3.8) is 0 Å². The Labute approximate surface area is 114 Å². The van der Waals surface area contributed by atoms with Crippen LogP contribution in [0.15, 0.2) is 30.3 Å². The summed E-state index contributed by atoms with van der Waals surface area (Å²) in [4.78, 5) is 12.1. The number of rotatable bonds is 6. The van der Waals surface area contributed by atoms with Crippen LogP contribution in [0.2, 0.25) is 0 Å². The third kappa shape index (κ3) is 3.33. The fraction of sp³-hybridized carbons (Fsp3) is 0.533. The van der Waals surface area contributed by atoms with Crippen LogP contribution in [-0.4, -0.2) is 32.5 Å². The van der Waals surface area contributed by atoms with E-state index in [2.05, 4.69) is 17.4 Å². The molecule has 2 rings (SSSR count). The largest absolute Gasteiger partial charge is 0.354 e. The normalized spacial score (nSPS) is 23.2. The monoisotopic (exact) mass is 263 g/mol. The number of hydrogen-bond donors (Lipinski definition) is 1. The second-order valence-electron chi connectivity index (χ2n) is 5.00. The number of ether oxygens (including phenoxy) is 2. The van der Waals surface area contributed by atoms with E-state index in [0.717, 1.165) is 6.42 Å². The number of amides is 1. The van der Waals surface area contributed by atoms with E-state index in [1.54, 1.807) is 14.2 Å². The van der Waals surface area contributed by atoms with Crippen molar-refractivity contribution in [2.75, 3.05) is 14.2 Å². The number of benzene rings is 1. The Morgan fingerprint density at radius 2 is 1.89 bits per heavy atom. The van der Waals surface area contributed by atoms with Gasteiger partial charge in [0.2, 0.25) is 5.91 Å². The number of nitrogens with one attached hydrogen (secondary N) is 1. The Kier molecular flexibility index (Phi) is 4.56. The zero-order valence-corrected chi connectivity index (χ0v) is 11.6. The Morgan fingerprint density at radius 3 is 2.47 bits per heavy atom. The minimum atomic E-state index is -0.405. The van der Waals surface area contributed by atoms with E-state index in [4.69, 9.17) is 9.47 Å². The van der Waals surface area contributed by atoms with Crippen LogP contribution in [0.5, 0.6) is 0 Å². The fourth-order valence-corrected chi connectivity index (χ4v) is 2.46. The number of methoxy groups -OCH3 is 2. The maximum absolute atomic E-state index is 12.1. The van der Waals surface area contributed by atoms with E-state index in [-0.39, 0.29) is 17.9 Å². The zero-order chi connectivity index (χ0) is 13.8. The van der Waals surface area contributed by atoms with Gasteiger partial charge in [0.1, 0.15) is 0 Å². The minimum Gasteiger partial charge on any atom is -0.354 e.